The van der Waals surface area contributed by atoms with E-state index in [0.717, 1.165) is 58.1 Å². The first-order valence-corrected chi connectivity index (χ1v) is 11.5. The van der Waals surface area contributed by atoms with E-state index >= 15 is 0 Å². The van der Waals surface area contributed by atoms with Gasteiger partial charge in [0.25, 0.3) is 0 Å². The molecule has 0 bridgehead atoms. The van der Waals surface area contributed by atoms with Crippen LogP contribution in [-0.2, 0) is 4.74 Å². The van der Waals surface area contributed by atoms with Gasteiger partial charge in [0.1, 0.15) is 5.60 Å². The normalized spacial score (nSPS) is 17.2. The molecule has 1 fully saturated rings. The number of aliphatic imine (C=N–C) groups is 1. The molecule has 1 saturated heterocycles. The van der Waals surface area contributed by atoms with Crippen molar-refractivity contribution in [3.63, 3.8) is 0 Å². The molecule has 0 spiro atoms. The number of carbonyl (C=O) groups is 1. The van der Waals surface area contributed by atoms with Gasteiger partial charge in [0.15, 0.2) is 5.96 Å². The Balaban J connectivity index is 2.39. The summed E-state index contributed by atoms with van der Waals surface area (Å²) in [4.78, 5) is 21.0. The summed E-state index contributed by atoms with van der Waals surface area (Å²) in [6.45, 7) is 18.7. The lowest BCUT2D eigenvalue weighted by atomic mass is 9.94. The highest BCUT2D eigenvalue weighted by Crippen LogP contribution is 2.15. The molecule has 1 rings (SSSR count). The van der Waals surface area contributed by atoms with Crippen molar-refractivity contribution in [2.75, 3.05) is 59.0 Å². The van der Waals surface area contributed by atoms with E-state index in [1.165, 1.54) is 0 Å². The molecule has 1 heterocycles. The number of hydrogen-bond acceptors (Lipinski definition) is 5. The Hall–Kier alpha value is -1.54. The minimum Gasteiger partial charge on any atom is -0.444 e. The van der Waals surface area contributed by atoms with Gasteiger partial charge in [0.2, 0.25) is 0 Å². The van der Waals surface area contributed by atoms with E-state index in [2.05, 4.69) is 36.3 Å². The van der Waals surface area contributed by atoms with E-state index in [4.69, 9.17) is 9.73 Å². The highest BCUT2D eigenvalue weighted by atomic mass is 16.6. The number of aliphatic hydroxyl groups excluding tert-OH is 1. The highest BCUT2D eigenvalue weighted by molar-refractivity contribution is 5.79. The molecule has 0 saturated carbocycles. The van der Waals surface area contributed by atoms with Gasteiger partial charge in [-0.25, -0.2) is 4.79 Å². The van der Waals surface area contributed by atoms with Crippen molar-refractivity contribution in [1.29, 1.82) is 0 Å². The Morgan fingerprint density at radius 3 is 2.37 bits per heavy atom. The van der Waals surface area contributed by atoms with E-state index in [1.807, 2.05) is 20.8 Å². The summed E-state index contributed by atoms with van der Waals surface area (Å²) < 4.78 is 5.46. The lowest BCUT2D eigenvalue weighted by Crippen LogP contribution is -2.51. The van der Waals surface area contributed by atoms with Crippen LogP contribution in [0.5, 0.6) is 0 Å². The summed E-state index contributed by atoms with van der Waals surface area (Å²) >= 11 is 0. The Morgan fingerprint density at radius 1 is 1.17 bits per heavy atom. The lowest BCUT2D eigenvalue weighted by Gasteiger charge is -2.35. The number of aliphatic hydroxyl groups is 1. The predicted octanol–water partition coefficient (Wildman–Crippen LogP) is 2.14. The number of guanidine groups is 1. The number of carbonyl (C=O) groups excluding carboxylic acids is 1. The van der Waals surface area contributed by atoms with Gasteiger partial charge in [0.05, 0.1) is 0 Å². The molecule has 1 aliphatic heterocycles. The van der Waals surface area contributed by atoms with Gasteiger partial charge in [-0.15, -0.1) is 0 Å². The molecule has 0 aromatic carbocycles. The van der Waals surface area contributed by atoms with Gasteiger partial charge in [0, 0.05) is 59.0 Å². The quantitative estimate of drug-likeness (QED) is 0.366. The van der Waals surface area contributed by atoms with Crippen molar-refractivity contribution in [2.24, 2.45) is 16.8 Å². The van der Waals surface area contributed by atoms with E-state index in [1.54, 1.807) is 4.90 Å². The predicted molar refractivity (Wildman–Crippen MR) is 123 cm³/mol. The SMILES string of the molecule is CCNC(=NCC(CCO)CC(C)C)NCCN1CCN(C(=O)OC(C)(C)C)CC1. The van der Waals surface area contributed by atoms with Crippen LogP contribution in [0.1, 0.15) is 54.4 Å². The fourth-order valence-corrected chi connectivity index (χ4v) is 3.51. The molecule has 1 amide bonds. The maximum absolute atomic E-state index is 12.2. The second-order valence-corrected chi connectivity index (χ2v) is 9.46. The third kappa shape index (κ3) is 11.6. The van der Waals surface area contributed by atoms with Crippen LogP contribution in [0.3, 0.4) is 0 Å². The number of rotatable bonds is 10. The van der Waals surface area contributed by atoms with Gasteiger partial charge in [-0.2, -0.15) is 0 Å². The van der Waals surface area contributed by atoms with Crippen LogP contribution in [0.15, 0.2) is 4.99 Å². The first-order chi connectivity index (χ1) is 14.1. The van der Waals surface area contributed by atoms with Crippen LogP contribution in [0.2, 0.25) is 0 Å². The average molecular weight is 428 g/mol. The van der Waals surface area contributed by atoms with Crippen LogP contribution in [-0.4, -0.2) is 91.5 Å². The number of amides is 1. The van der Waals surface area contributed by atoms with Crippen LogP contribution in [0.4, 0.5) is 4.79 Å². The highest BCUT2D eigenvalue weighted by Gasteiger charge is 2.25. The zero-order valence-electron chi connectivity index (χ0n) is 20.0. The van der Waals surface area contributed by atoms with Crippen LogP contribution >= 0.6 is 0 Å². The lowest BCUT2D eigenvalue weighted by molar-refractivity contribution is 0.0147. The van der Waals surface area contributed by atoms with Crippen molar-refractivity contribution < 1.29 is 14.6 Å². The molecule has 1 unspecified atom stereocenters. The monoisotopic (exact) mass is 427 g/mol. The van der Waals surface area contributed by atoms with E-state index in [0.29, 0.717) is 24.9 Å². The van der Waals surface area contributed by atoms with Crippen LogP contribution < -0.4 is 10.6 Å². The van der Waals surface area contributed by atoms with E-state index < -0.39 is 5.60 Å². The van der Waals surface area contributed by atoms with E-state index in [9.17, 15) is 9.90 Å². The average Bonchev–Trinajstić information content (AvgIpc) is 2.65. The topological polar surface area (TPSA) is 89.4 Å². The summed E-state index contributed by atoms with van der Waals surface area (Å²) in [6, 6.07) is 0. The Kier molecular flexibility index (Phi) is 12.1. The molecule has 176 valence electrons. The standard InChI is InChI=1S/C22H45N5O3/c1-7-23-20(25-17-19(8-15-28)16-18(2)3)24-9-10-26-11-13-27(14-12-26)21(29)30-22(4,5)6/h18-19,28H,7-17H2,1-6H3,(H2,23,24,25). The second kappa shape index (κ2) is 13.7. The van der Waals surface area contributed by atoms with Crippen molar-refractivity contribution in [1.82, 2.24) is 20.4 Å². The van der Waals surface area contributed by atoms with Gasteiger partial charge >= 0.3 is 6.09 Å². The van der Waals surface area contributed by atoms with Crippen molar-refractivity contribution >= 4 is 12.1 Å². The number of nitrogens with zero attached hydrogens (tertiary/aromatic N) is 3. The molecule has 8 nitrogen and oxygen atoms in total. The number of hydrogen-bond donors (Lipinski definition) is 3. The van der Waals surface area contributed by atoms with E-state index in [-0.39, 0.29) is 12.7 Å². The molecular weight excluding hydrogens is 382 g/mol. The van der Waals surface area contributed by atoms with Crippen molar-refractivity contribution in [3.05, 3.63) is 0 Å². The summed E-state index contributed by atoms with van der Waals surface area (Å²) in [5.74, 6) is 1.84. The Morgan fingerprint density at radius 2 is 1.83 bits per heavy atom. The third-order valence-electron chi connectivity index (χ3n) is 4.94. The summed E-state index contributed by atoms with van der Waals surface area (Å²) in [6.07, 6.45) is 1.65. The van der Waals surface area contributed by atoms with Crippen molar-refractivity contribution in [2.45, 2.75) is 60.0 Å². The van der Waals surface area contributed by atoms with Gasteiger partial charge in [-0.3, -0.25) is 9.89 Å². The van der Waals surface area contributed by atoms with Gasteiger partial charge in [-0.05, 0) is 52.4 Å². The number of ether oxygens (including phenoxy) is 1. The maximum Gasteiger partial charge on any atom is 0.410 e. The third-order valence-corrected chi connectivity index (χ3v) is 4.94. The second-order valence-electron chi connectivity index (χ2n) is 9.46. The molecule has 3 N–H and O–H groups in total. The van der Waals surface area contributed by atoms with Crippen LogP contribution in [0.25, 0.3) is 0 Å². The largest absolute Gasteiger partial charge is 0.444 e. The molecule has 0 aliphatic carbocycles. The van der Waals surface area contributed by atoms with Gasteiger partial charge in [-0.1, -0.05) is 13.8 Å². The molecule has 1 atom stereocenters. The fourth-order valence-electron chi connectivity index (χ4n) is 3.51. The molecular formula is C22H45N5O3. The minimum absolute atomic E-state index is 0.214. The molecule has 30 heavy (non-hydrogen) atoms. The maximum atomic E-state index is 12.2. The van der Waals surface area contributed by atoms with Crippen LogP contribution in [0, 0.1) is 11.8 Å². The van der Waals surface area contributed by atoms with Gasteiger partial charge < -0.3 is 25.4 Å². The summed E-state index contributed by atoms with van der Waals surface area (Å²) in [5.41, 5.74) is -0.453. The fraction of sp³-hybridized carbons (Fsp3) is 0.909. The Bertz CT molecular complexity index is 511. The summed E-state index contributed by atoms with van der Waals surface area (Å²) in [7, 11) is 0. The first-order valence-electron chi connectivity index (χ1n) is 11.5. The number of piperazine rings is 1. The van der Waals surface area contributed by atoms with Crippen molar-refractivity contribution in [3.8, 4) is 0 Å². The summed E-state index contributed by atoms with van der Waals surface area (Å²) in [5, 5.41) is 16.0. The molecule has 0 aromatic rings. The zero-order valence-corrected chi connectivity index (χ0v) is 20.0. The molecule has 8 heteroatoms. The molecule has 0 radical (unpaired) electrons. The number of nitrogens with one attached hydrogen (secondary N) is 2. The first kappa shape index (κ1) is 26.5. The zero-order chi connectivity index (χ0) is 22.6. The molecule has 1 aliphatic rings. The smallest absolute Gasteiger partial charge is 0.410 e. The minimum atomic E-state index is -0.453. The molecule has 0 aromatic heterocycles. The Labute approximate surface area is 183 Å².